The summed E-state index contributed by atoms with van der Waals surface area (Å²) in [7, 11) is 0. The van der Waals surface area contributed by atoms with Crippen molar-refractivity contribution in [1.82, 2.24) is 5.32 Å². The normalized spacial score (nSPS) is 12.2. The molecule has 2 rings (SSSR count). The molecule has 0 aliphatic heterocycles. The summed E-state index contributed by atoms with van der Waals surface area (Å²) in [6, 6.07) is 11.5. The van der Waals surface area contributed by atoms with E-state index in [1.54, 1.807) is 18.2 Å². The van der Waals surface area contributed by atoms with Gasteiger partial charge in [-0.05, 0) is 59.2 Å². The predicted octanol–water partition coefficient (Wildman–Crippen LogP) is 6.22. The van der Waals surface area contributed by atoms with Crippen molar-refractivity contribution < 1.29 is 4.74 Å². The summed E-state index contributed by atoms with van der Waals surface area (Å²) in [6.07, 6.45) is 0. The lowest BCUT2D eigenvalue weighted by molar-refractivity contribution is 0.479. The number of rotatable bonds is 5. The Balaban J connectivity index is 2.19. The summed E-state index contributed by atoms with van der Waals surface area (Å²) < 4.78 is 6.73. The zero-order chi connectivity index (χ0) is 15.4. The van der Waals surface area contributed by atoms with Gasteiger partial charge in [0.2, 0.25) is 0 Å². The molecule has 0 heterocycles. The molecule has 0 aliphatic rings. The number of benzene rings is 2. The van der Waals surface area contributed by atoms with Gasteiger partial charge in [-0.3, -0.25) is 0 Å². The highest BCUT2D eigenvalue weighted by Gasteiger charge is 2.09. The van der Waals surface area contributed by atoms with Gasteiger partial charge in [0, 0.05) is 12.1 Å². The van der Waals surface area contributed by atoms with Crippen LogP contribution < -0.4 is 10.1 Å². The van der Waals surface area contributed by atoms with Gasteiger partial charge in [0.1, 0.15) is 11.5 Å². The third-order valence-electron chi connectivity index (χ3n) is 3.09. The van der Waals surface area contributed by atoms with E-state index in [0.29, 0.717) is 21.8 Å². The van der Waals surface area contributed by atoms with Crippen LogP contribution >= 0.6 is 39.1 Å². The lowest BCUT2D eigenvalue weighted by atomic mass is 10.1. The van der Waals surface area contributed by atoms with Crippen molar-refractivity contribution in [2.24, 2.45) is 0 Å². The fourth-order valence-electron chi connectivity index (χ4n) is 1.96. The van der Waals surface area contributed by atoms with Crippen LogP contribution in [-0.4, -0.2) is 6.54 Å². The van der Waals surface area contributed by atoms with Crippen molar-refractivity contribution in [2.45, 2.75) is 19.9 Å². The standard InChI is InChI=1S/C16H16BrCl2NO/c1-3-20-10(2)11-4-7-16(13(17)8-11)21-12-5-6-14(18)15(19)9-12/h4-10,20H,3H2,1-2H3. The van der Waals surface area contributed by atoms with E-state index >= 15 is 0 Å². The molecule has 0 spiro atoms. The number of halogens is 3. The van der Waals surface area contributed by atoms with Crippen LogP contribution in [0.3, 0.4) is 0 Å². The smallest absolute Gasteiger partial charge is 0.141 e. The van der Waals surface area contributed by atoms with E-state index in [1.165, 1.54) is 5.56 Å². The van der Waals surface area contributed by atoms with E-state index in [4.69, 9.17) is 27.9 Å². The highest BCUT2D eigenvalue weighted by atomic mass is 79.9. The molecule has 0 amide bonds. The third-order valence-corrected chi connectivity index (χ3v) is 4.44. The Labute approximate surface area is 143 Å². The van der Waals surface area contributed by atoms with E-state index < -0.39 is 0 Å². The van der Waals surface area contributed by atoms with Gasteiger partial charge in [-0.2, -0.15) is 0 Å². The van der Waals surface area contributed by atoms with Gasteiger partial charge in [-0.25, -0.2) is 0 Å². The van der Waals surface area contributed by atoms with Crippen molar-refractivity contribution >= 4 is 39.1 Å². The molecule has 1 N–H and O–H groups in total. The van der Waals surface area contributed by atoms with Gasteiger partial charge in [0.15, 0.2) is 0 Å². The molecule has 2 aromatic carbocycles. The molecule has 21 heavy (non-hydrogen) atoms. The molecule has 0 saturated heterocycles. The second-order valence-electron chi connectivity index (χ2n) is 4.65. The predicted molar refractivity (Wildman–Crippen MR) is 92.8 cm³/mol. The summed E-state index contributed by atoms with van der Waals surface area (Å²) in [5.41, 5.74) is 1.20. The maximum atomic E-state index is 5.99. The van der Waals surface area contributed by atoms with Crippen LogP contribution in [0.1, 0.15) is 25.5 Å². The first kappa shape index (κ1) is 16.6. The largest absolute Gasteiger partial charge is 0.456 e. The summed E-state index contributed by atoms with van der Waals surface area (Å²) in [6.45, 7) is 5.15. The van der Waals surface area contributed by atoms with Gasteiger partial charge in [-0.1, -0.05) is 36.2 Å². The Bertz CT molecular complexity index is 634. The van der Waals surface area contributed by atoms with Crippen molar-refractivity contribution in [2.75, 3.05) is 6.54 Å². The fourth-order valence-corrected chi connectivity index (χ4v) is 2.73. The topological polar surface area (TPSA) is 21.3 Å². The summed E-state index contributed by atoms with van der Waals surface area (Å²) >= 11 is 15.4. The third kappa shape index (κ3) is 4.36. The van der Waals surface area contributed by atoms with Crippen LogP contribution in [-0.2, 0) is 0 Å². The molecule has 0 saturated carbocycles. The molecule has 112 valence electrons. The number of hydrogen-bond donors (Lipinski definition) is 1. The molecule has 0 aromatic heterocycles. The Kier molecular flexibility index (Phi) is 5.94. The number of ether oxygens (including phenoxy) is 1. The average molecular weight is 389 g/mol. The maximum Gasteiger partial charge on any atom is 0.141 e. The Hall–Kier alpha value is -0.740. The van der Waals surface area contributed by atoms with Crippen LogP contribution in [0, 0.1) is 0 Å². The monoisotopic (exact) mass is 387 g/mol. The highest BCUT2D eigenvalue weighted by Crippen LogP contribution is 2.34. The zero-order valence-electron chi connectivity index (χ0n) is 11.8. The molecule has 0 fully saturated rings. The Morgan fingerprint density at radius 3 is 2.52 bits per heavy atom. The zero-order valence-corrected chi connectivity index (χ0v) is 14.9. The molecule has 1 unspecified atom stereocenters. The van der Waals surface area contributed by atoms with E-state index in [9.17, 15) is 0 Å². The molecule has 0 aliphatic carbocycles. The SMILES string of the molecule is CCNC(C)c1ccc(Oc2ccc(Cl)c(Cl)c2)c(Br)c1. The van der Waals surface area contributed by atoms with Crippen LogP contribution in [0.4, 0.5) is 0 Å². The molecule has 2 nitrogen and oxygen atoms in total. The van der Waals surface area contributed by atoms with E-state index in [0.717, 1.165) is 16.8 Å². The molecule has 0 radical (unpaired) electrons. The van der Waals surface area contributed by atoms with Gasteiger partial charge in [0.25, 0.3) is 0 Å². The molecule has 2 aromatic rings. The van der Waals surface area contributed by atoms with Crippen molar-refractivity contribution in [3.8, 4) is 11.5 Å². The second kappa shape index (κ2) is 7.50. The molecular weight excluding hydrogens is 373 g/mol. The van der Waals surface area contributed by atoms with Gasteiger partial charge in [0.05, 0.1) is 14.5 Å². The summed E-state index contributed by atoms with van der Waals surface area (Å²) in [4.78, 5) is 0. The quantitative estimate of drug-likeness (QED) is 0.656. The van der Waals surface area contributed by atoms with Crippen LogP contribution in [0.5, 0.6) is 11.5 Å². The van der Waals surface area contributed by atoms with Gasteiger partial charge >= 0.3 is 0 Å². The summed E-state index contributed by atoms with van der Waals surface area (Å²) in [5.74, 6) is 1.39. The molecule has 0 bridgehead atoms. The van der Waals surface area contributed by atoms with Crippen LogP contribution in [0.25, 0.3) is 0 Å². The van der Waals surface area contributed by atoms with E-state index in [2.05, 4.69) is 41.2 Å². The number of hydrogen-bond acceptors (Lipinski definition) is 2. The Morgan fingerprint density at radius 2 is 1.90 bits per heavy atom. The minimum Gasteiger partial charge on any atom is -0.456 e. The average Bonchev–Trinajstić information content (AvgIpc) is 2.45. The maximum absolute atomic E-state index is 5.99. The first-order valence-electron chi connectivity index (χ1n) is 6.67. The van der Waals surface area contributed by atoms with Crippen LogP contribution in [0.2, 0.25) is 10.0 Å². The first-order valence-corrected chi connectivity index (χ1v) is 8.22. The minimum absolute atomic E-state index is 0.297. The van der Waals surface area contributed by atoms with E-state index in [1.807, 2.05) is 12.1 Å². The molecule has 5 heteroatoms. The fraction of sp³-hybridized carbons (Fsp3) is 0.250. The van der Waals surface area contributed by atoms with E-state index in [-0.39, 0.29) is 0 Å². The minimum atomic E-state index is 0.297. The lowest BCUT2D eigenvalue weighted by Crippen LogP contribution is -2.17. The summed E-state index contributed by atoms with van der Waals surface area (Å²) in [5, 5.41) is 4.36. The highest BCUT2D eigenvalue weighted by molar-refractivity contribution is 9.10. The van der Waals surface area contributed by atoms with Crippen LogP contribution in [0.15, 0.2) is 40.9 Å². The van der Waals surface area contributed by atoms with Crippen molar-refractivity contribution in [3.05, 3.63) is 56.5 Å². The van der Waals surface area contributed by atoms with Crippen molar-refractivity contribution in [1.29, 1.82) is 0 Å². The van der Waals surface area contributed by atoms with Crippen molar-refractivity contribution in [3.63, 3.8) is 0 Å². The van der Waals surface area contributed by atoms with Gasteiger partial charge < -0.3 is 10.1 Å². The first-order chi connectivity index (χ1) is 10.0. The Morgan fingerprint density at radius 1 is 1.14 bits per heavy atom. The second-order valence-corrected chi connectivity index (χ2v) is 6.32. The number of nitrogens with one attached hydrogen (secondary N) is 1. The lowest BCUT2D eigenvalue weighted by Gasteiger charge is -2.15. The molecule has 1 atom stereocenters. The van der Waals surface area contributed by atoms with Gasteiger partial charge in [-0.15, -0.1) is 0 Å². The molecular formula is C16H16BrCl2NO.